The van der Waals surface area contributed by atoms with Gasteiger partial charge in [-0.3, -0.25) is 4.79 Å². The monoisotopic (exact) mass is 304 g/mol. The van der Waals surface area contributed by atoms with E-state index in [0.29, 0.717) is 5.92 Å². The lowest BCUT2D eigenvalue weighted by atomic mass is 9.83. The van der Waals surface area contributed by atoms with Crippen LogP contribution in [0.5, 0.6) is 5.75 Å². The third-order valence-electron chi connectivity index (χ3n) is 4.53. The number of methoxy groups -OCH3 is 2. The highest BCUT2D eigenvalue weighted by Crippen LogP contribution is 2.44. The Balaban J connectivity index is 2.14. The lowest BCUT2D eigenvalue weighted by Crippen LogP contribution is -2.14. The Morgan fingerprint density at radius 1 is 1.27 bits per heavy atom. The number of esters is 1. The van der Waals surface area contributed by atoms with Gasteiger partial charge in [0.2, 0.25) is 0 Å². The molecule has 22 heavy (non-hydrogen) atoms. The van der Waals surface area contributed by atoms with Crippen LogP contribution < -0.4 is 4.74 Å². The highest BCUT2D eigenvalue weighted by atomic mass is 16.5. The van der Waals surface area contributed by atoms with E-state index in [1.54, 1.807) is 7.11 Å². The van der Waals surface area contributed by atoms with Crippen LogP contribution in [0.3, 0.4) is 0 Å². The number of rotatable bonds is 5. The smallest absolute Gasteiger partial charge is 0.308 e. The van der Waals surface area contributed by atoms with Crippen molar-refractivity contribution in [3.8, 4) is 5.75 Å². The zero-order chi connectivity index (χ0) is 16.5. The number of aryl methyl sites for hydroxylation is 2. The van der Waals surface area contributed by atoms with Gasteiger partial charge in [-0.25, -0.2) is 0 Å². The molecule has 3 nitrogen and oxygen atoms in total. The third kappa shape index (κ3) is 3.63. The van der Waals surface area contributed by atoms with E-state index in [9.17, 15) is 4.79 Å². The van der Waals surface area contributed by atoms with Gasteiger partial charge < -0.3 is 9.47 Å². The molecule has 1 saturated carbocycles. The summed E-state index contributed by atoms with van der Waals surface area (Å²) in [4.78, 5) is 11.5. The SMILES string of the molecule is COC(=O)C1CC1CCc1cc(C)cc(C(C)(C)C)c1OC. The van der Waals surface area contributed by atoms with E-state index in [1.165, 1.54) is 23.8 Å². The van der Waals surface area contributed by atoms with Gasteiger partial charge in [0.1, 0.15) is 5.75 Å². The van der Waals surface area contributed by atoms with Crippen molar-refractivity contribution in [3.05, 3.63) is 28.8 Å². The first-order valence-corrected chi connectivity index (χ1v) is 8.03. The number of carbonyl (C=O) groups excluding carboxylic acids is 1. The van der Waals surface area contributed by atoms with Crippen molar-refractivity contribution in [2.24, 2.45) is 11.8 Å². The average Bonchev–Trinajstić information content (AvgIpc) is 3.22. The van der Waals surface area contributed by atoms with Crippen molar-refractivity contribution in [2.75, 3.05) is 14.2 Å². The van der Waals surface area contributed by atoms with Gasteiger partial charge in [-0.15, -0.1) is 0 Å². The van der Waals surface area contributed by atoms with Crippen molar-refractivity contribution in [2.45, 2.75) is 52.4 Å². The summed E-state index contributed by atoms with van der Waals surface area (Å²) >= 11 is 0. The summed E-state index contributed by atoms with van der Waals surface area (Å²) in [7, 11) is 3.22. The highest BCUT2D eigenvalue weighted by molar-refractivity contribution is 5.75. The average molecular weight is 304 g/mol. The van der Waals surface area contributed by atoms with Crippen molar-refractivity contribution in [1.82, 2.24) is 0 Å². The molecular formula is C19H28O3. The van der Waals surface area contributed by atoms with Gasteiger partial charge in [-0.1, -0.05) is 38.5 Å². The Labute approximate surface area is 134 Å². The molecular weight excluding hydrogens is 276 g/mol. The maximum absolute atomic E-state index is 11.5. The number of ether oxygens (including phenoxy) is 2. The van der Waals surface area contributed by atoms with Crippen LogP contribution in [-0.2, 0) is 21.4 Å². The molecule has 2 atom stereocenters. The summed E-state index contributed by atoms with van der Waals surface area (Å²) in [5, 5.41) is 0. The van der Waals surface area contributed by atoms with Crippen molar-refractivity contribution < 1.29 is 14.3 Å². The Morgan fingerprint density at radius 2 is 1.95 bits per heavy atom. The van der Waals surface area contributed by atoms with Crippen molar-refractivity contribution >= 4 is 5.97 Å². The second-order valence-corrected chi connectivity index (χ2v) is 7.42. The van der Waals surface area contributed by atoms with E-state index in [1.807, 2.05) is 0 Å². The fourth-order valence-electron chi connectivity index (χ4n) is 3.18. The molecule has 0 aromatic heterocycles. The van der Waals surface area contributed by atoms with Crippen LogP contribution >= 0.6 is 0 Å². The fourth-order valence-corrected chi connectivity index (χ4v) is 3.18. The molecule has 1 aliphatic carbocycles. The molecule has 0 spiro atoms. The molecule has 2 rings (SSSR count). The van der Waals surface area contributed by atoms with E-state index < -0.39 is 0 Å². The number of hydrogen-bond donors (Lipinski definition) is 0. The molecule has 0 amide bonds. The summed E-state index contributed by atoms with van der Waals surface area (Å²) < 4.78 is 10.5. The van der Waals surface area contributed by atoms with Crippen LogP contribution in [0.15, 0.2) is 12.1 Å². The maximum atomic E-state index is 11.5. The van der Waals surface area contributed by atoms with E-state index in [4.69, 9.17) is 9.47 Å². The predicted molar refractivity (Wildman–Crippen MR) is 88.4 cm³/mol. The highest BCUT2D eigenvalue weighted by Gasteiger charge is 2.43. The summed E-state index contributed by atoms with van der Waals surface area (Å²) in [5.74, 6) is 1.53. The Kier molecular flexibility index (Phi) is 4.84. The molecule has 0 bridgehead atoms. The number of carbonyl (C=O) groups is 1. The summed E-state index contributed by atoms with van der Waals surface area (Å²) in [6.07, 6.45) is 2.93. The summed E-state index contributed by atoms with van der Waals surface area (Å²) in [6, 6.07) is 4.43. The standard InChI is InChI=1S/C19H28O3/c1-12-9-14(8-7-13-11-15(13)18(20)22-6)17(21-5)16(10-12)19(2,3)4/h9-10,13,15H,7-8,11H2,1-6H3. The molecule has 1 aliphatic rings. The van der Waals surface area contributed by atoms with Gasteiger partial charge in [0.05, 0.1) is 20.1 Å². The number of benzene rings is 1. The predicted octanol–water partition coefficient (Wildman–Crippen LogP) is 4.04. The molecule has 1 aromatic carbocycles. The second kappa shape index (κ2) is 6.31. The van der Waals surface area contributed by atoms with Gasteiger partial charge >= 0.3 is 5.97 Å². The van der Waals surface area contributed by atoms with Gasteiger partial charge in [0, 0.05) is 5.56 Å². The molecule has 0 N–H and O–H groups in total. The van der Waals surface area contributed by atoms with Gasteiger partial charge in [-0.05, 0) is 43.1 Å². The zero-order valence-electron chi connectivity index (χ0n) is 14.7. The topological polar surface area (TPSA) is 35.5 Å². The normalized spacial score (nSPS) is 20.6. The molecule has 0 aliphatic heterocycles. The lowest BCUT2D eigenvalue weighted by Gasteiger charge is -2.25. The van der Waals surface area contributed by atoms with E-state index in [0.717, 1.165) is 25.0 Å². The van der Waals surface area contributed by atoms with Crippen LogP contribution in [-0.4, -0.2) is 20.2 Å². The van der Waals surface area contributed by atoms with Crippen molar-refractivity contribution in [1.29, 1.82) is 0 Å². The van der Waals surface area contributed by atoms with E-state index >= 15 is 0 Å². The maximum Gasteiger partial charge on any atom is 0.308 e. The summed E-state index contributed by atoms with van der Waals surface area (Å²) in [5.41, 5.74) is 3.83. The molecule has 1 aromatic rings. The quantitative estimate of drug-likeness (QED) is 0.770. The minimum absolute atomic E-state index is 0.0558. The first-order valence-electron chi connectivity index (χ1n) is 8.03. The zero-order valence-corrected chi connectivity index (χ0v) is 14.7. The number of hydrogen-bond acceptors (Lipinski definition) is 3. The Bertz CT molecular complexity index is 555. The largest absolute Gasteiger partial charge is 0.496 e. The van der Waals surface area contributed by atoms with E-state index in [2.05, 4.69) is 39.8 Å². The first-order chi connectivity index (χ1) is 10.3. The fraction of sp³-hybridized carbons (Fsp3) is 0.632. The molecule has 0 radical (unpaired) electrons. The Hall–Kier alpha value is -1.51. The van der Waals surface area contributed by atoms with Crippen molar-refractivity contribution in [3.63, 3.8) is 0 Å². The van der Waals surface area contributed by atoms with Crippen LogP contribution in [0.4, 0.5) is 0 Å². The summed E-state index contributed by atoms with van der Waals surface area (Å²) in [6.45, 7) is 8.76. The minimum atomic E-state index is -0.0587. The molecule has 0 heterocycles. The molecule has 1 fully saturated rings. The van der Waals surface area contributed by atoms with Gasteiger partial charge in [-0.2, -0.15) is 0 Å². The van der Waals surface area contributed by atoms with Crippen LogP contribution in [0.1, 0.15) is 50.3 Å². The van der Waals surface area contributed by atoms with Crippen LogP contribution in [0.2, 0.25) is 0 Å². The molecule has 2 unspecified atom stereocenters. The lowest BCUT2D eigenvalue weighted by molar-refractivity contribution is -0.142. The van der Waals surface area contributed by atoms with Gasteiger partial charge in [0.15, 0.2) is 0 Å². The molecule has 3 heteroatoms. The van der Waals surface area contributed by atoms with E-state index in [-0.39, 0.29) is 17.3 Å². The first kappa shape index (κ1) is 16.9. The van der Waals surface area contributed by atoms with Crippen LogP contribution in [0, 0.1) is 18.8 Å². The third-order valence-corrected chi connectivity index (χ3v) is 4.53. The Morgan fingerprint density at radius 3 is 2.50 bits per heavy atom. The molecule has 0 saturated heterocycles. The second-order valence-electron chi connectivity index (χ2n) is 7.42. The molecule has 122 valence electrons. The van der Waals surface area contributed by atoms with Crippen LogP contribution in [0.25, 0.3) is 0 Å². The van der Waals surface area contributed by atoms with Gasteiger partial charge in [0.25, 0.3) is 0 Å². The minimum Gasteiger partial charge on any atom is -0.496 e.